The van der Waals surface area contributed by atoms with Crippen molar-refractivity contribution in [2.45, 2.75) is 25.8 Å². The Morgan fingerprint density at radius 3 is 2.95 bits per heavy atom. The summed E-state index contributed by atoms with van der Waals surface area (Å²) in [5.41, 5.74) is 2.80. The largest absolute Gasteiger partial charge is 0.310 e. The second-order valence-corrected chi connectivity index (χ2v) is 6.18. The monoisotopic (exact) mass is 342 g/mol. The summed E-state index contributed by atoms with van der Waals surface area (Å²) in [6, 6.07) is 5.45. The lowest BCUT2D eigenvalue weighted by molar-refractivity contribution is 0.526. The molecule has 1 aromatic heterocycles. The molecule has 5 heteroatoms. The molecule has 0 spiro atoms. The zero-order valence-corrected chi connectivity index (χ0v) is 13.1. The van der Waals surface area contributed by atoms with E-state index in [4.69, 9.17) is 0 Å². The predicted molar refractivity (Wildman–Crippen MR) is 81.0 cm³/mol. The van der Waals surface area contributed by atoms with E-state index in [1.807, 2.05) is 17.8 Å². The Morgan fingerprint density at radius 1 is 1.47 bits per heavy atom. The van der Waals surface area contributed by atoms with Gasteiger partial charge in [0.05, 0.1) is 9.98 Å². The molecule has 2 aromatic rings. The van der Waals surface area contributed by atoms with E-state index in [1.165, 1.54) is 4.88 Å². The van der Waals surface area contributed by atoms with Crippen molar-refractivity contribution in [2.75, 3.05) is 6.54 Å². The van der Waals surface area contributed by atoms with Crippen LogP contribution in [-0.4, -0.2) is 11.5 Å². The van der Waals surface area contributed by atoms with Gasteiger partial charge in [-0.05, 0) is 46.6 Å². The van der Waals surface area contributed by atoms with Crippen LogP contribution in [0.3, 0.4) is 0 Å². The maximum Gasteiger partial charge on any atom is 0.137 e. The second kappa shape index (κ2) is 7.12. The highest BCUT2D eigenvalue weighted by atomic mass is 79.9. The van der Waals surface area contributed by atoms with Crippen LogP contribution in [0.15, 0.2) is 34.4 Å². The number of hydrogen-bond donors (Lipinski definition) is 1. The molecule has 0 aliphatic rings. The number of aromatic nitrogens is 1. The van der Waals surface area contributed by atoms with Gasteiger partial charge in [0.1, 0.15) is 5.82 Å². The molecule has 19 heavy (non-hydrogen) atoms. The highest BCUT2D eigenvalue weighted by molar-refractivity contribution is 9.10. The Kier molecular flexibility index (Phi) is 5.48. The lowest BCUT2D eigenvalue weighted by Crippen LogP contribution is -2.24. The van der Waals surface area contributed by atoms with Crippen LogP contribution >= 0.6 is 27.3 Å². The number of rotatable bonds is 6. The molecule has 1 unspecified atom stereocenters. The first-order valence-corrected chi connectivity index (χ1v) is 7.93. The Morgan fingerprint density at radius 2 is 2.32 bits per heavy atom. The average Bonchev–Trinajstić information content (AvgIpc) is 2.91. The molecule has 0 saturated carbocycles. The van der Waals surface area contributed by atoms with Crippen molar-refractivity contribution in [1.82, 2.24) is 10.3 Å². The molecule has 2 rings (SSSR count). The average molecular weight is 343 g/mol. The molecule has 1 aromatic carbocycles. The van der Waals surface area contributed by atoms with Crippen molar-refractivity contribution in [3.8, 4) is 0 Å². The first-order valence-electron chi connectivity index (χ1n) is 6.26. The van der Waals surface area contributed by atoms with E-state index in [2.05, 4.69) is 33.2 Å². The van der Waals surface area contributed by atoms with Gasteiger partial charge in [-0.15, -0.1) is 11.3 Å². The van der Waals surface area contributed by atoms with Crippen molar-refractivity contribution >= 4 is 27.3 Å². The van der Waals surface area contributed by atoms with Crippen LogP contribution in [0.1, 0.15) is 29.8 Å². The molecule has 0 aliphatic heterocycles. The van der Waals surface area contributed by atoms with Crippen molar-refractivity contribution in [1.29, 1.82) is 0 Å². The van der Waals surface area contributed by atoms with Gasteiger partial charge in [-0.2, -0.15) is 0 Å². The van der Waals surface area contributed by atoms with Gasteiger partial charge >= 0.3 is 0 Å². The lowest BCUT2D eigenvalue weighted by Gasteiger charge is -2.18. The van der Waals surface area contributed by atoms with E-state index in [0.717, 1.165) is 24.9 Å². The number of hydrogen-bond acceptors (Lipinski definition) is 3. The van der Waals surface area contributed by atoms with Gasteiger partial charge in [0, 0.05) is 23.5 Å². The third kappa shape index (κ3) is 4.09. The van der Waals surface area contributed by atoms with Crippen LogP contribution in [0.25, 0.3) is 0 Å². The van der Waals surface area contributed by atoms with Crippen LogP contribution in [0, 0.1) is 5.82 Å². The van der Waals surface area contributed by atoms with Crippen LogP contribution in [0.4, 0.5) is 4.39 Å². The number of halogens is 2. The number of nitrogens with one attached hydrogen (secondary N) is 1. The van der Waals surface area contributed by atoms with E-state index in [-0.39, 0.29) is 11.9 Å². The number of nitrogens with zero attached hydrogens (tertiary/aromatic N) is 1. The molecule has 0 radical (unpaired) electrons. The zero-order valence-electron chi connectivity index (χ0n) is 10.7. The Hall–Kier alpha value is -0.780. The van der Waals surface area contributed by atoms with E-state index in [1.54, 1.807) is 23.5 Å². The van der Waals surface area contributed by atoms with Crippen LogP contribution in [-0.2, 0) is 6.42 Å². The van der Waals surface area contributed by atoms with Gasteiger partial charge in [0.25, 0.3) is 0 Å². The fourth-order valence-electron chi connectivity index (χ4n) is 1.90. The van der Waals surface area contributed by atoms with Gasteiger partial charge in [0.15, 0.2) is 0 Å². The molecular weight excluding hydrogens is 327 g/mol. The summed E-state index contributed by atoms with van der Waals surface area (Å²) in [7, 11) is 0. The van der Waals surface area contributed by atoms with Gasteiger partial charge in [0.2, 0.25) is 0 Å². The van der Waals surface area contributed by atoms with Crippen LogP contribution in [0.5, 0.6) is 0 Å². The lowest BCUT2D eigenvalue weighted by atomic mass is 10.0. The van der Waals surface area contributed by atoms with Gasteiger partial charge in [-0.25, -0.2) is 4.39 Å². The first-order chi connectivity index (χ1) is 9.20. The Bertz CT molecular complexity index is 516. The minimum absolute atomic E-state index is 0.128. The molecule has 0 aliphatic carbocycles. The van der Waals surface area contributed by atoms with Gasteiger partial charge in [-0.3, -0.25) is 4.98 Å². The molecule has 1 heterocycles. The van der Waals surface area contributed by atoms with Crippen molar-refractivity contribution in [3.05, 3.63) is 50.6 Å². The van der Waals surface area contributed by atoms with Gasteiger partial charge in [-0.1, -0.05) is 13.0 Å². The molecule has 0 saturated heterocycles. The van der Waals surface area contributed by atoms with Crippen molar-refractivity contribution < 1.29 is 4.39 Å². The summed E-state index contributed by atoms with van der Waals surface area (Å²) < 4.78 is 14.2. The third-order valence-electron chi connectivity index (χ3n) is 2.88. The summed E-state index contributed by atoms with van der Waals surface area (Å²) in [4.78, 5) is 5.30. The second-order valence-electron chi connectivity index (χ2n) is 4.35. The third-order valence-corrected chi connectivity index (χ3v) is 4.32. The molecular formula is C14H16BrFN2S. The van der Waals surface area contributed by atoms with E-state index in [0.29, 0.717) is 4.47 Å². The van der Waals surface area contributed by atoms with Crippen LogP contribution in [0.2, 0.25) is 0 Å². The molecule has 0 bridgehead atoms. The predicted octanol–water partition coefficient (Wildman–Crippen LogP) is 4.33. The SMILES string of the molecule is CCCNC(Cc1cncs1)c1ccc(Br)c(F)c1. The summed E-state index contributed by atoms with van der Waals surface area (Å²) in [5.74, 6) is -0.217. The molecule has 1 atom stereocenters. The molecule has 102 valence electrons. The van der Waals surface area contributed by atoms with E-state index < -0.39 is 0 Å². The normalized spacial score (nSPS) is 12.6. The van der Waals surface area contributed by atoms with Crippen LogP contribution < -0.4 is 5.32 Å². The minimum Gasteiger partial charge on any atom is -0.310 e. The quantitative estimate of drug-likeness (QED) is 0.845. The summed E-state index contributed by atoms with van der Waals surface area (Å²) in [6.45, 7) is 3.04. The maximum atomic E-state index is 13.7. The van der Waals surface area contributed by atoms with Crippen molar-refractivity contribution in [2.24, 2.45) is 0 Å². The fraction of sp³-hybridized carbons (Fsp3) is 0.357. The highest BCUT2D eigenvalue weighted by Crippen LogP contribution is 2.24. The molecule has 0 fully saturated rings. The number of thiazole rings is 1. The standard InChI is InChI=1S/C14H16BrFN2S/c1-2-5-18-14(7-11-8-17-9-19-11)10-3-4-12(15)13(16)6-10/h3-4,6,8-9,14,18H,2,5,7H2,1H3. The van der Waals surface area contributed by atoms with Gasteiger partial charge < -0.3 is 5.32 Å². The topological polar surface area (TPSA) is 24.9 Å². The van der Waals surface area contributed by atoms with Crippen molar-refractivity contribution in [3.63, 3.8) is 0 Å². The maximum absolute atomic E-state index is 13.7. The summed E-state index contributed by atoms with van der Waals surface area (Å²) in [5, 5.41) is 3.47. The summed E-state index contributed by atoms with van der Waals surface area (Å²) >= 11 is 4.82. The fourth-order valence-corrected chi connectivity index (χ4v) is 2.79. The Labute approximate surface area is 125 Å². The van der Waals surface area contributed by atoms with E-state index >= 15 is 0 Å². The zero-order chi connectivity index (χ0) is 13.7. The molecule has 2 nitrogen and oxygen atoms in total. The Balaban J connectivity index is 2.18. The molecule has 1 N–H and O–H groups in total. The number of benzene rings is 1. The highest BCUT2D eigenvalue weighted by Gasteiger charge is 2.14. The smallest absolute Gasteiger partial charge is 0.137 e. The first kappa shape index (κ1) is 14.6. The summed E-state index contributed by atoms with van der Waals surface area (Å²) in [6.07, 6.45) is 3.77. The molecule has 0 amide bonds. The minimum atomic E-state index is -0.217. The van der Waals surface area contributed by atoms with E-state index in [9.17, 15) is 4.39 Å².